The van der Waals surface area contributed by atoms with E-state index in [2.05, 4.69) is 36.5 Å². The van der Waals surface area contributed by atoms with Crippen molar-refractivity contribution >= 4 is 45.8 Å². The summed E-state index contributed by atoms with van der Waals surface area (Å²) in [6.07, 6.45) is 4.35. The maximum atomic E-state index is 14.7. The van der Waals surface area contributed by atoms with Crippen molar-refractivity contribution in [2.24, 2.45) is 11.0 Å². The van der Waals surface area contributed by atoms with Gasteiger partial charge in [0.15, 0.2) is 0 Å². The van der Waals surface area contributed by atoms with Gasteiger partial charge < -0.3 is 4.90 Å². The molecular weight excluding hydrogens is 440 g/mol. The average molecular weight is 460 g/mol. The Balaban J connectivity index is 1.56. The molecule has 0 unspecified atom stereocenters. The summed E-state index contributed by atoms with van der Waals surface area (Å²) in [6.45, 7) is 1.64. The van der Waals surface area contributed by atoms with Crippen molar-refractivity contribution in [2.45, 2.75) is 19.3 Å². The van der Waals surface area contributed by atoms with E-state index in [4.69, 9.17) is 23.2 Å². The highest BCUT2D eigenvalue weighted by molar-refractivity contribution is 6.42. The van der Waals surface area contributed by atoms with Gasteiger partial charge >= 0.3 is 0 Å². The van der Waals surface area contributed by atoms with E-state index in [-0.39, 0.29) is 5.82 Å². The summed E-state index contributed by atoms with van der Waals surface area (Å²) in [4.78, 5) is 11.0. The summed E-state index contributed by atoms with van der Waals surface area (Å²) in [6, 6.07) is 8.59. The van der Waals surface area contributed by atoms with Gasteiger partial charge in [0.2, 0.25) is 0 Å². The fraction of sp³-hybridized carbons (Fsp3) is 0.286. The molecule has 2 aliphatic rings. The highest BCUT2D eigenvalue weighted by atomic mass is 35.5. The summed E-state index contributed by atoms with van der Waals surface area (Å²) in [7, 11) is 0. The van der Waals surface area contributed by atoms with Crippen molar-refractivity contribution in [3.05, 3.63) is 52.5 Å². The Morgan fingerprint density at radius 2 is 2.03 bits per heavy atom. The zero-order valence-electron chi connectivity index (χ0n) is 16.5. The molecule has 2 aromatic carbocycles. The van der Waals surface area contributed by atoms with Crippen LogP contribution in [-0.2, 0) is 0 Å². The Morgan fingerprint density at radius 1 is 1.13 bits per heavy atom. The van der Waals surface area contributed by atoms with Gasteiger partial charge in [0.05, 0.1) is 15.4 Å². The number of hydrazine groups is 2. The molecule has 0 aliphatic carbocycles. The molecule has 7 nitrogen and oxygen atoms in total. The number of amidine groups is 1. The number of anilines is 1. The van der Waals surface area contributed by atoms with Gasteiger partial charge in [0, 0.05) is 19.5 Å². The molecule has 1 fully saturated rings. The molecule has 1 aromatic heterocycles. The van der Waals surface area contributed by atoms with Gasteiger partial charge in [-0.15, -0.1) is 10.6 Å². The molecule has 3 N–H and O–H groups in total. The second kappa shape index (κ2) is 8.45. The van der Waals surface area contributed by atoms with E-state index in [1.165, 1.54) is 12.4 Å². The third-order valence-electron chi connectivity index (χ3n) is 5.70. The van der Waals surface area contributed by atoms with Crippen LogP contribution >= 0.6 is 23.2 Å². The first kappa shape index (κ1) is 20.2. The Labute approximate surface area is 188 Å². The quantitative estimate of drug-likeness (QED) is 0.540. The summed E-state index contributed by atoms with van der Waals surface area (Å²) < 4.78 is 14.7. The number of benzene rings is 2. The first-order chi connectivity index (χ1) is 15.1. The van der Waals surface area contributed by atoms with Crippen LogP contribution in [0.25, 0.3) is 22.0 Å². The van der Waals surface area contributed by atoms with E-state index < -0.39 is 0 Å². The molecule has 3 aromatic rings. The van der Waals surface area contributed by atoms with Gasteiger partial charge in [-0.25, -0.2) is 19.9 Å². The number of fused-ring (bicyclic) bond motifs is 1. The van der Waals surface area contributed by atoms with Crippen LogP contribution in [0.5, 0.6) is 0 Å². The molecule has 0 saturated carbocycles. The molecule has 0 radical (unpaired) electrons. The highest BCUT2D eigenvalue weighted by Gasteiger charge is 2.26. The third-order valence-corrected chi connectivity index (χ3v) is 6.44. The van der Waals surface area contributed by atoms with Gasteiger partial charge in [0.25, 0.3) is 0 Å². The summed E-state index contributed by atoms with van der Waals surface area (Å²) >= 11 is 12.4. The second-order valence-corrected chi connectivity index (χ2v) is 8.54. The van der Waals surface area contributed by atoms with Crippen LogP contribution in [-0.4, -0.2) is 28.9 Å². The summed E-state index contributed by atoms with van der Waals surface area (Å²) in [5.41, 5.74) is 10.4. The molecule has 1 saturated heterocycles. The highest BCUT2D eigenvalue weighted by Crippen LogP contribution is 2.38. The average Bonchev–Trinajstić information content (AvgIpc) is 3.29. The molecule has 0 amide bonds. The van der Waals surface area contributed by atoms with Gasteiger partial charge in [-0.2, -0.15) is 0 Å². The van der Waals surface area contributed by atoms with Crippen molar-refractivity contribution in [3.63, 3.8) is 0 Å². The number of hydrogen-bond donors (Lipinski definition) is 3. The van der Waals surface area contributed by atoms with Crippen LogP contribution in [0.2, 0.25) is 10.0 Å². The van der Waals surface area contributed by atoms with Crippen molar-refractivity contribution in [3.8, 4) is 11.1 Å². The molecule has 0 bridgehead atoms. The fourth-order valence-corrected chi connectivity index (χ4v) is 4.58. The summed E-state index contributed by atoms with van der Waals surface area (Å²) in [5, 5.41) is 5.78. The fourth-order valence-electron chi connectivity index (χ4n) is 4.29. The minimum atomic E-state index is -0.377. The number of halogens is 3. The Bertz CT molecular complexity index is 1170. The maximum absolute atomic E-state index is 14.7. The number of aromatic nitrogens is 2. The van der Waals surface area contributed by atoms with Crippen molar-refractivity contribution in [1.82, 2.24) is 26.5 Å². The van der Waals surface area contributed by atoms with E-state index in [9.17, 15) is 4.39 Å². The lowest BCUT2D eigenvalue weighted by atomic mass is 9.93. The van der Waals surface area contributed by atoms with Crippen molar-refractivity contribution in [2.75, 3.05) is 18.0 Å². The Kier molecular flexibility index (Phi) is 5.52. The maximum Gasteiger partial charge on any atom is 0.149 e. The van der Waals surface area contributed by atoms with E-state index in [1.807, 2.05) is 6.07 Å². The first-order valence-electron chi connectivity index (χ1n) is 10.1. The lowest BCUT2D eigenvalue weighted by molar-refractivity contribution is 0.422. The first-order valence-corrected chi connectivity index (χ1v) is 10.8. The van der Waals surface area contributed by atoms with Crippen LogP contribution in [0.4, 0.5) is 10.2 Å². The smallest absolute Gasteiger partial charge is 0.149 e. The van der Waals surface area contributed by atoms with E-state index in [0.29, 0.717) is 26.9 Å². The molecule has 3 heterocycles. The zero-order chi connectivity index (χ0) is 21.4. The standard InChI is InChI=1S/C21H20Cl2FN7/c22-15-5-3-13(9-16(15)23)14-4-6-17(24)20-19(14)21(26-11-25-20)31-7-1-2-12(10-31)8-18-27-29-30-28-18/h3-6,9,11-12,29-30H,1-2,7-8,10H2,(H,27,28)/t12-/m1/s1. The molecule has 1 atom stereocenters. The molecule has 0 spiro atoms. The normalized spacial score (nSPS) is 18.6. The van der Waals surface area contributed by atoms with Crippen molar-refractivity contribution in [1.29, 1.82) is 0 Å². The van der Waals surface area contributed by atoms with Gasteiger partial charge in [-0.05, 0) is 48.1 Å². The molecule has 31 heavy (non-hydrogen) atoms. The molecular formula is C21H20Cl2FN7. The number of hydrazone groups is 1. The number of rotatable bonds is 4. The molecule has 160 valence electrons. The Morgan fingerprint density at radius 3 is 2.84 bits per heavy atom. The summed E-state index contributed by atoms with van der Waals surface area (Å²) in [5.74, 6) is 1.63. The van der Waals surface area contributed by atoms with Crippen LogP contribution in [0.3, 0.4) is 0 Å². The zero-order valence-corrected chi connectivity index (χ0v) is 18.0. The lowest BCUT2D eigenvalue weighted by Crippen LogP contribution is -2.40. The van der Waals surface area contributed by atoms with Crippen molar-refractivity contribution < 1.29 is 4.39 Å². The number of piperidine rings is 1. The van der Waals surface area contributed by atoms with Crippen LogP contribution in [0.1, 0.15) is 19.3 Å². The topological polar surface area (TPSA) is 77.5 Å². The second-order valence-electron chi connectivity index (χ2n) is 7.72. The SMILES string of the molecule is Fc1ccc(-c2ccc(Cl)c(Cl)c2)c2c(N3CCC[C@H](CC4=NNNN4)C3)ncnc12. The van der Waals surface area contributed by atoms with Gasteiger partial charge in [0.1, 0.15) is 29.3 Å². The van der Waals surface area contributed by atoms with E-state index in [0.717, 1.165) is 55.1 Å². The van der Waals surface area contributed by atoms with Crippen LogP contribution in [0, 0.1) is 11.7 Å². The molecule has 5 rings (SSSR count). The monoisotopic (exact) mass is 459 g/mol. The van der Waals surface area contributed by atoms with E-state index in [1.54, 1.807) is 18.2 Å². The number of hydrogen-bond acceptors (Lipinski definition) is 7. The minimum absolute atomic E-state index is 0.297. The molecule has 10 heteroatoms. The molecule has 2 aliphatic heterocycles. The van der Waals surface area contributed by atoms with Gasteiger partial charge in [-0.3, -0.25) is 5.43 Å². The Hall–Kier alpha value is -2.68. The van der Waals surface area contributed by atoms with Crippen LogP contribution < -0.4 is 21.4 Å². The number of nitrogens with zero attached hydrogens (tertiary/aromatic N) is 4. The minimum Gasteiger partial charge on any atom is -0.356 e. The lowest BCUT2D eigenvalue weighted by Gasteiger charge is -2.34. The number of nitrogens with one attached hydrogen (secondary N) is 3. The predicted molar refractivity (Wildman–Crippen MR) is 121 cm³/mol. The third kappa shape index (κ3) is 3.98. The van der Waals surface area contributed by atoms with Gasteiger partial charge in [-0.1, -0.05) is 35.3 Å². The van der Waals surface area contributed by atoms with E-state index >= 15 is 0 Å². The largest absolute Gasteiger partial charge is 0.356 e. The van der Waals surface area contributed by atoms with Crippen LogP contribution in [0.15, 0.2) is 41.8 Å². The predicted octanol–water partition coefficient (Wildman–Crippen LogP) is 4.28.